The molecule has 0 aliphatic heterocycles. The number of nitrogens with one attached hydrogen (secondary N) is 1. The van der Waals surface area contributed by atoms with Gasteiger partial charge in [0.2, 0.25) is 0 Å². The van der Waals surface area contributed by atoms with Crippen molar-refractivity contribution < 1.29 is 17.2 Å². The molecule has 1 aromatic rings. The zero-order chi connectivity index (χ0) is 11.6. The van der Waals surface area contributed by atoms with Crippen molar-refractivity contribution in [2.24, 2.45) is 7.05 Å². The Hall–Kier alpha value is -1.22. The predicted molar refractivity (Wildman–Crippen MR) is 49.4 cm³/mol. The highest BCUT2D eigenvalue weighted by molar-refractivity contribution is 7.89. The molecule has 0 aromatic carbocycles. The molecule has 0 saturated heterocycles. The average molecular weight is 240 g/mol. The molecular formula is C6H10F2N4O2S. The Bertz CT molecular complexity index is 442. The summed E-state index contributed by atoms with van der Waals surface area (Å²) in [6.45, 7) is -0.299. The van der Waals surface area contributed by atoms with E-state index in [1.165, 1.54) is 10.9 Å². The first kappa shape index (κ1) is 11.9. The van der Waals surface area contributed by atoms with E-state index < -0.39 is 15.8 Å². The largest absolute Gasteiger partial charge is 0.384 e. The Morgan fingerprint density at radius 2 is 2.27 bits per heavy atom. The van der Waals surface area contributed by atoms with E-state index in [9.17, 15) is 17.2 Å². The van der Waals surface area contributed by atoms with Gasteiger partial charge in [0.1, 0.15) is 5.82 Å². The van der Waals surface area contributed by atoms with Crippen LogP contribution in [0.3, 0.4) is 0 Å². The molecule has 0 aliphatic carbocycles. The van der Waals surface area contributed by atoms with Crippen LogP contribution in [0.2, 0.25) is 0 Å². The van der Waals surface area contributed by atoms with E-state index in [0.29, 0.717) is 5.56 Å². The van der Waals surface area contributed by atoms with Crippen molar-refractivity contribution in [3.63, 3.8) is 0 Å². The molecule has 0 atom stereocenters. The van der Waals surface area contributed by atoms with Gasteiger partial charge in [-0.25, -0.2) is 13.1 Å². The van der Waals surface area contributed by atoms with Crippen LogP contribution in [0.4, 0.5) is 14.6 Å². The van der Waals surface area contributed by atoms with E-state index in [-0.39, 0.29) is 12.4 Å². The van der Waals surface area contributed by atoms with Crippen molar-refractivity contribution in [1.29, 1.82) is 0 Å². The van der Waals surface area contributed by atoms with Crippen LogP contribution in [0, 0.1) is 0 Å². The van der Waals surface area contributed by atoms with Crippen molar-refractivity contribution in [2.75, 3.05) is 5.73 Å². The topological polar surface area (TPSA) is 90.0 Å². The van der Waals surface area contributed by atoms with Gasteiger partial charge in [0.05, 0.1) is 6.20 Å². The second-order valence-electron chi connectivity index (χ2n) is 2.81. The predicted octanol–water partition coefficient (Wildman–Crippen LogP) is -0.356. The van der Waals surface area contributed by atoms with Crippen LogP contribution in [0.25, 0.3) is 0 Å². The molecule has 1 aromatic heterocycles. The zero-order valence-corrected chi connectivity index (χ0v) is 8.63. The highest BCUT2D eigenvalue weighted by Gasteiger charge is 2.23. The third-order valence-corrected chi connectivity index (χ3v) is 2.78. The first-order valence-corrected chi connectivity index (χ1v) is 5.42. The third-order valence-electron chi connectivity index (χ3n) is 1.76. The fourth-order valence-corrected chi connectivity index (χ4v) is 1.35. The highest BCUT2D eigenvalue weighted by Crippen LogP contribution is 2.10. The van der Waals surface area contributed by atoms with Crippen LogP contribution < -0.4 is 10.5 Å². The van der Waals surface area contributed by atoms with E-state index >= 15 is 0 Å². The van der Waals surface area contributed by atoms with Gasteiger partial charge in [-0.1, -0.05) is 0 Å². The normalized spacial score (nSPS) is 12.3. The lowest BCUT2D eigenvalue weighted by molar-refractivity contribution is 0.232. The molecule has 0 unspecified atom stereocenters. The minimum atomic E-state index is -4.58. The molecular weight excluding hydrogens is 230 g/mol. The molecule has 1 heterocycles. The minimum absolute atomic E-state index is 0.229. The van der Waals surface area contributed by atoms with E-state index in [0.717, 1.165) is 0 Å². The average Bonchev–Trinajstić information content (AvgIpc) is 2.45. The summed E-state index contributed by atoms with van der Waals surface area (Å²) in [7, 11) is -3.02. The maximum absolute atomic E-state index is 11.9. The smallest absolute Gasteiger partial charge is 0.350 e. The molecule has 0 amide bonds. The molecule has 3 N–H and O–H groups in total. The summed E-state index contributed by atoms with van der Waals surface area (Å²) in [5.41, 5.74) is 5.84. The Kier molecular flexibility index (Phi) is 3.25. The van der Waals surface area contributed by atoms with Gasteiger partial charge in [-0.3, -0.25) is 4.68 Å². The summed E-state index contributed by atoms with van der Waals surface area (Å²) in [6, 6.07) is 0. The number of aryl methyl sites for hydroxylation is 1. The number of hydrogen-bond donors (Lipinski definition) is 2. The maximum Gasteiger partial charge on any atom is 0.350 e. The van der Waals surface area contributed by atoms with Crippen LogP contribution in [-0.2, 0) is 23.6 Å². The number of nitrogens with zero attached hydrogens (tertiary/aromatic N) is 2. The monoisotopic (exact) mass is 240 g/mol. The number of nitrogens with two attached hydrogens (primary N) is 1. The van der Waals surface area contributed by atoms with Crippen molar-refractivity contribution in [3.8, 4) is 0 Å². The summed E-state index contributed by atoms with van der Waals surface area (Å²) in [5.74, 6) is -3.22. The van der Waals surface area contributed by atoms with Crippen molar-refractivity contribution in [3.05, 3.63) is 11.8 Å². The molecule has 0 bridgehead atoms. The fraction of sp³-hybridized carbons (Fsp3) is 0.500. The van der Waals surface area contributed by atoms with Gasteiger partial charge < -0.3 is 5.73 Å². The second-order valence-corrected chi connectivity index (χ2v) is 4.54. The third kappa shape index (κ3) is 2.63. The summed E-state index contributed by atoms with van der Waals surface area (Å²) < 4.78 is 48.3. The van der Waals surface area contributed by atoms with E-state index in [2.05, 4.69) is 5.10 Å². The highest BCUT2D eigenvalue weighted by atomic mass is 32.2. The number of nitrogen functional groups attached to an aromatic ring is 1. The van der Waals surface area contributed by atoms with Gasteiger partial charge in [-0.05, 0) is 0 Å². The Labute approximate surface area is 85.1 Å². The standard InChI is InChI=1S/C6H10F2N4O2S/c1-12-5(9)4(2-10-12)3-11-15(13,14)6(7)8/h2,6,11H,3,9H2,1H3. The molecule has 6 nitrogen and oxygen atoms in total. The fourth-order valence-electron chi connectivity index (χ4n) is 0.870. The van der Waals surface area contributed by atoms with E-state index in [1.54, 1.807) is 11.8 Å². The van der Waals surface area contributed by atoms with Gasteiger partial charge >= 0.3 is 5.76 Å². The van der Waals surface area contributed by atoms with Crippen LogP contribution >= 0.6 is 0 Å². The van der Waals surface area contributed by atoms with Crippen LogP contribution in [0.5, 0.6) is 0 Å². The summed E-state index contributed by atoms with van der Waals surface area (Å²) >= 11 is 0. The molecule has 9 heteroatoms. The van der Waals surface area contributed by atoms with E-state index in [4.69, 9.17) is 5.73 Å². The molecule has 1 rings (SSSR count). The first-order chi connectivity index (χ1) is 6.84. The van der Waals surface area contributed by atoms with E-state index in [1.807, 2.05) is 0 Å². The van der Waals surface area contributed by atoms with Gasteiger partial charge in [0, 0.05) is 19.2 Å². The number of anilines is 1. The van der Waals surface area contributed by atoms with Gasteiger partial charge in [0.15, 0.2) is 0 Å². The number of halogens is 2. The van der Waals surface area contributed by atoms with Crippen molar-refractivity contribution in [2.45, 2.75) is 12.3 Å². The van der Waals surface area contributed by atoms with Crippen molar-refractivity contribution >= 4 is 15.8 Å². The number of hydrogen-bond acceptors (Lipinski definition) is 4. The van der Waals surface area contributed by atoms with Crippen LogP contribution in [-0.4, -0.2) is 24.0 Å². The number of sulfonamides is 1. The maximum atomic E-state index is 11.9. The Morgan fingerprint density at radius 1 is 1.67 bits per heavy atom. The quantitative estimate of drug-likeness (QED) is 0.752. The summed E-state index contributed by atoms with van der Waals surface area (Å²) in [4.78, 5) is 0. The molecule has 0 aliphatic rings. The molecule has 0 fully saturated rings. The molecule has 86 valence electrons. The lowest BCUT2D eigenvalue weighted by Gasteiger charge is -2.04. The first-order valence-electron chi connectivity index (χ1n) is 3.87. The molecule has 15 heavy (non-hydrogen) atoms. The zero-order valence-electron chi connectivity index (χ0n) is 7.81. The molecule has 0 saturated carbocycles. The number of rotatable bonds is 4. The Balaban J connectivity index is 2.70. The SMILES string of the molecule is Cn1ncc(CNS(=O)(=O)C(F)F)c1N. The summed E-state index contributed by atoms with van der Waals surface area (Å²) in [6.07, 6.45) is 1.31. The van der Waals surface area contributed by atoms with Crippen LogP contribution in [0.1, 0.15) is 5.56 Å². The minimum Gasteiger partial charge on any atom is -0.384 e. The molecule has 0 spiro atoms. The second kappa shape index (κ2) is 4.11. The summed E-state index contributed by atoms with van der Waals surface area (Å²) in [5, 5.41) is 3.73. The lowest BCUT2D eigenvalue weighted by Crippen LogP contribution is -2.29. The lowest BCUT2D eigenvalue weighted by atomic mass is 10.3. The Morgan fingerprint density at radius 3 is 2.67 bits per heavy atom. The molecule has 0 radical (unpaired) electrons. The van der Waals surface area contributed by atoms with Crippen molar-refractivity contribution in [1.82, 2.24) is 14.5 Å². The van der Waals surface area contributed by atoms with Crippen LogP contribution in [0.15, 0.2) is 6.20 Å². The van der Waals surface area contributed by atoms with Gasteiger partial charge in [0.25, 0.3) is 10.0 Å². The number of alkyl halides is 2. The van der Waals surface area contributed by atoms with Gasteiger partial charge in [-0.15, -0.1) is 0 Å². The number of aromatic nitrogens is 2. The van der Waals surface area contributed by atoms with Gasteiger partial charge in [-0.2, -0.15) is 13.9 Å².